The van der Waals surface area contributed by atoms with E-state index >= 15 is 0 Å². The van der Waals surface area contributed by atoms with Crippen LogP contribution in [0.2, 0.25) is 0 Å². The number of aryl methyl sites for hydroxylation is 1. The third-order valence-corrected chi connectivity index (χ3v) is 6.45. The van der Waals surface area contributed by atoms with Gasteiger partial charge in [0.2, 0.25) is 5.91 Å². The van der Waals surface area contributed by atoms with E-state index in [0.717, 1.165) is 23.2 Å². The number of carbonyl (C=O) groups excluding carboxylic acids is 2. The van der Waals surface area contributed by atoms with Crippen LogP contribution < -0.4 is 10.1 Å². The Morgan fingerprint density at radius 1 is 1.14 bits per heavy atom. The summed E-state index contributed by atoms with van der Waals surface area (Å²) in [6.07, 6.45) is 3.03. The molecule has 0 bridgehead atoms. The summed E-state index contributed by atoms with van der Waals surface area (Å²) in [6.45, 7) is 6.89. The molecule has 2 aromatic carbocycles. The molecule has 1 aliphatic heterocycles. The summed E-state index contributed by atoms with van der Waals surface area (Å²) in [5, 5.41) is 2.93. The Kier molecular flexibility index (Phi) is 7.80. The molecule has 0 spiro atoms. The van der Waals surface area contributed by atoms with E-state index in [4.69, 9.17) is 4.74 Å². The number of fused-ring (bicyclic) bond motifs is 1. The van der Waals surface area contributed by atoms with Crippen molar-refractivity contribution >= 4 is 11.8 Å². The first-order valence-electron chi connectivity index (χ1n) is 12.3. The zero-order valence-corrected chi connectivity index (χ0v) is 20.7. The second-order valence-corrected chi connectivity index (χ2v) is 8.99. The van der Waals surface area contributed by atoms with Gasteiger partial charge in [-0.25, -0.2) is 0 Å². The molecule has 0 saturated carbocycles. The highest BCUT2D eigenvalue weighted by Gasteiger charge is 2.32. The molecule has 3 aromatic rings. The van der Waals surface area contributed by atoms with E-state index in [2.05, 4.69) is 47.6 Å². The van der Waals surface area contributed by atoms with Gasteiger partial charge in [-0.2, -0.15) is 0 Å². The number of carbonyl (C=O) groups is 2. The van der Waals surface area contributed by atoms with Crippen LogP contribution in [0.15, 0.2) is 66.9 Å². The highest BCUT2D eigenvalue weighted by Crippen LogP contribution is 2.37. The molecule has 1 aliphatic rings. The van der Waals surface area contributed by atoms with Crippen LogP contribution in [0.5, 0.6) is 5.75 Å². The Morgan fingerprint density at radius 3 is 2.66 bits per heavy atom. The third-order valence-electron chi connectivity index (χ3n) is 6.45. The van der Waals surface area contributed by atoms with Gasteiger partial charge in [0.15, 0.2) is 6.10 Å². The molecular weight excluding hydrogens is 438 g/mol. The Morgan fingerprint density at radius 2 is 1.94 bits per heavy atom. The van der Waals surface area contributed by atoms with Crippen molar-refractivity contribution in [3.05, 3.63) is 94.8 Å². The summed E-state index contributed by atoms with van der Waals surface area (Å²) >= 11 is 0. The molecule has 1 aromatic heterocycles. The van der Waals surface area contributed by atoms with Crippen LogP contribution in [0, 0.1) is 6.92 Å². The van der Waals surface area contributed by atoms with Crippen molar-refractivity contribution in [3.63, 3.8) is 0 Å². The van der Waals surface area contributed by atoms with Gasteiger partial charge in [-0.3, -0.25) is 14.6 Å². The fourth-order valence-corrected chi connectivity index (χ4v) is 4.51. The maximum absolute atomic E-state index is 12.8. The van der Waals surface area contributed by atoms with Crippen LogP contribution in [-0.4, -0.2) is 40.9 Å². The number of pyridine rings is 1. The average molecular weight is 472 g/mol. The van der Waals surface area contributed by atoms with E-state index in [0.29, 0.717) is 31.7 Å². The number of hydrogen-bond donors (Lipinski definition) is 1. The number of amides is 2. The molecule has 6 nitrogen and oxygen atoms in total. The number of nitrogens with one attached hydrogen (secondary N) is 1. The summed E-state index contributed by atoms with van der Waals surface area (Å²) in [5.41, 5.74) is 5.45. The quantitative estimate of drug-likeness (QED) is 0.529. The molecule has 2 unspecified atom stereocenters. The molecule has 0 aliphatic carbocycles. The predicted octanol–water partition coefficient (Wildman–Crippen LogP) is 4.40. The summed E-state index contributed by atoms with van der Waals surface area (Å²) in [6, 6.07) is 19.9. The predicted molar refractivity (Wildman–Crippen MR) is 136 cm³/mol. The number of hydrogen-bond acceptors (Lipinski definition) is 4. The van der Waals surface area contributed by atoms with E-state index in [1.165, 1.54) is 11.1 Å². The van der Waals surface area contributed by atoms with E-state index in [-0.39, 0.29) is 17.9 Å². The molecule has 1 N–H and O–H groups in total. The van der Waals surface area contributed by atoms with Gasteiger partial charge in [-0.05, 0) is 61.2 Å². The maximum Gasteiger partial charge on any atom is 0.260 e. The zero-order valence-electron chi connectivity index (χ0n) is 20.7. The van der Waals surface area contributed by atoms with Crippen LogP contribution in [0.1, 0.15) is 54.3 Å². The molecule has 0 fully saturated rings. The first-order valence-corrected chi connectivity index (χ1v) is 12.3. The van der Waals surface area contributed by atoms with Gasteiger partial charge in [0.05, 0.1) is 6.04 Å². The largest absolute Gasteiger partial charge is 0.481 e. The van der Waals surface area contributed by atoms with Gasteiger partial charge in [0.25, 0.3) is 5.91 Å². The zero-order chi connectivity index (χ0) is 24.8. The Bertz CT molecular complexity index is 1160. The van der Waals surface area contributed by atoms with Gasteiger partial charge in [-0.15, -0.1) is 0 Å². The maximum atomic E-state index is 12.8. The highest BCUT2D eigenvalue weighted by molar-refractivity contribution is 5.80. The van der Waals surface area contributed by atoms with E-state index < -0.39 is 6.10 Å². The Hall–Kier alpha value is -3.67. The van der Waals surface area contributed by atoms with Crippen molar-refractivity contribution in [1.29, 1.82) is 0 Å². The van der Waals surface area contributed by atoms with E-state index in [1.54, 1.807) is 13.1 Å². The lowest BCUT2D eigenvalue weighted by atomic mass is 9.87. The van der Waals surface area contributed by atoms with Gasteiger partial charge < -0.3 is 15.0 Å². The second kappa shape index (κ2) is 11.2. The van der Waals surface area contributed by atoms with Crippen LogP contribution in [0.3, 0.4) is 0 Å². The fraction of sp³-hybridized carbons (Fsp3) is 0.345. The van der Waals surface area contributed by atoms with Crippen LogP contribution >= 0.6 is 0 Å². The molecule has 4 rings (SSSR count). The fourth-order valence-electron chi connectivity index (χ4n) is 4.51. The molecule has 2 amide bonds. The molecular formula is C29H33N3O3. The van der Waals surface area contributed by atoms with E-state index in [9.17, 15) is 9.59 Å². The van der Waals surface area contributed by atoms with Crippen LogP contribution in [0.4, 0.5) is 0 Å². The van der Waals surface area contributed by atoms with Gasteiger partial charge in [0, 0.05) is 37.8 Å². The second-order valence-electron chi connectivity index (χ2n) is 8.99. The van der Waals surface area contributed by atoms with Crippen molar-refractivity contribution in [2.24, 2.45) is 0 Å². The van der Waals surface area contributed by atoms with Crippen molar-refractivity contribution < 1.29 is 14.3 Å². The molecule has 0 radical (unpaired) electrons. The summed E-state index contributed by atoms with van der Waals surface area (Å²) < 4.78 is 6.04. The number of rotatable bonds is 8. The minimum Gasteiger partial charge on any atom is -0.481 e. The highest BCUT2D eigenvalue weighted by atomic mass is 16.5. The Labute approximate surface area is 207 Å². The average Bonchev–Trinajstić information content (AvgIpc) is 2.88. The van der Waals surface area contributed by atoms with Gasteiger partial charge >= 0.3 is 0 Å². The summed E-state index contributed by atoms with van der Waals surface area (Å²) in [5.74, 6) is 0.587. The van der Waals surface area contributed by atoms with Crippen molar-refractivity contribution in [2.45, 2.75) is 52.2 Å². The number of aromatic nitrogens is 1. The topological polar surface area (TPSA) is 71.5 Å². The smallest absolute Gasteiger partial charge is 0.260 e. The molecule has 6 heteroatoms. The lowest BCUT2D eigenvalue weighted by molar-refractivity contribution is -0.133. The van der Waals surface area contributed by atoms with Crippen LogP contribution in [0.25, 0.3) is 0 Å². The lowest BCUT2D eigenvalue weighted by Crippen LogP contribution is -2.40. The van der Waals surface area contributed by atoms with Gasteiger partial charge in [0.1, 0.15) is 5.75 Å². The standard InChI is InChI=1S/C29H33N3O3/c1-4-27(33)32-18-15-22-12-13-25(19-26(22)28(32)23-10-8-20(2)9-11-23)35-21(3)29(34)31-17-14-24-7-5-6-16-30-24/h5-13,16,19,21,28H,4,14-15,17-18H2,1-3H3,(H,31,34). The minimum atomic E-state index is -0.647. The molecule has 0 saturated heterocycles. The Balaban J connectivity index is 1.50. The monoisotopic (exact) mass is 471 g/mol. The first-order chi connectivity index (χ1) is 17.0. The number of benzene rings is 2. The molecule has 35 heavy (non-hydrogen) atoms. The van der Waals surface area contributed by atoms with Crippen LogP contribution in [-0.2, 0) is 22.4 Å². The number of nitrogens with zero attached hydrogens (tertiary/aromatic N) is 2. The third kappa shape index (κ3) is 5.88. The van der Waals surface area contributed by atoms with Crippen molar-refractivity contribution in [1.82, 2.24) is 15.2 Å². The normalized spacial score (nSPS) is 15.7. The molecule has 182 valence electrons. The SMILES string of the molecule is CCC(=O)N1CCc2ccc(OC(C)C(=O)NCCc3ccccn3)cc2C1c1ccc(C)cc1. The van der Waals surface area contributed by atoms with Crippen molar-refractivity contribution in [2.75, 3.05) is 13.1 Å². The summed E-state index contributed by atoms with van der Waals surface area (Å²) in [7, 11) is 0. The van der Waals surface area contributed by atoms with Gasteiger partial charge in [-0.1, -0.05) is 48.9 Å². The first kappa shape index (κ1) is 24.5. The molecule has 2 heterocycles. The lowest BCUT2D eigenvalue weighted by Gasteiger charge is -2.38. The molecule has 2 atom stereocenters. The number of ether oxygens (including phenoxy) is 1. The van der Waals surface area contributed by atoms with Crippen molar-refractivity contribution in [3.8, 4) is 5.75 Å². The minimum absolute atomic E-state index is 0.133. The van der Waals surface area contributed by atoms with E-state index in [1.807, 2.05) is 42.2 Å². The summed E-state index contributed by atoms with van der Waals surface area (Å²) in [4.78, 5) is 31.7.